The smallest absolute Gasteiger partial charge is 0.241 e. The van der Waals surface area contributed by atoms with Crippen molar-refractivity contribution in [1.82, 2.24) is 4.90 Å². The fourth-order valence-electron chi connectivity index (χ4n) is 5.95. The Bertz CT molecular complexity index is 1280. The van der Waals surface area contributed by atoms with E-state index in [2.05, 4.69) is 85.2 Å². The maximum absolute atomic E-state index is 14.2. The van der Waals surface area contributed by atoms with Crippen LogP contribution in [0.15, 0.2) is 72.8 Å². The van der Waals surface area contributed by atoms with E-state index in [1.165, 1.54) is 5.69 Å². The number of anilines is 3. The molecule has 2 heterocycles. The van der Waals surface area contributed by atoms with Gasteiger partial charge in [0.2, 0.25) is 11.8 Å². The fourth-order valence-corrected chi connectivity index (χ4v) is 5.95. The molecule has 0 unspecified atom stereocenters. The molecular formula is C32H38N4O2. The van der Waals surface area contributed by atoms with Gasteiger partial charge >= 0.3 is 0 Å². The summed E-state index contributed by atoms with van der Waals surface area (Å²) in [7, 11) is 0. The Kier molecular flexibility index (Phi) is 7.52. The average Bonchev–Trinajstić information content (AvgIpc) is 2.91. The SMILES string of the molecule is CC(=O)N1c2ccc(C)cc2[C@H](N(C(=O)CN2CCN(c3ccccc3)CC2)c2ccc(C)cc2)C[C@@H]1C. The zero-order chi connectivity index (χ0) is 26.8. The lowest BCUT2D eigenvalue weighted by Gasteiger charge is -2.44. The van der Waals surface area contributed by atoms with Gasteiger partial charge in [-0.05, 0) is 63.1 Å². The quantitative estimate of drug-likeness (QED) is 0.465. The van der Waals surface area contributed by atoms with E-state index in [-0.39, 0.29) is 23.9 Å². The molecule has 0 spiro atoms. The molecule has 3 aromatic rings. The molecule has 2 atom stereocenters. The van der Waals surface area contributed by atoms with Gasteiger partial charge in [-0.2, -0.15) is 0 Å². The van der Waals surface area contributed by atoms with Crippen LogP contribution in [-0.2, 0) is 9.59 Å². The van der Waals surface area contributed by atoms with E-state index >= 15 is 0 Å². The first-order valence-corrected chi connectivity index (χ1v) is 13.6. The fraction of sp³-hybridized carbons (Fsp3) is 0.375. The molecule has 0 bridgehead atoms. The summed E-state index contributed by atoms with van der Waals surface area (Å²) in [5.74, 6) is 0.133. The Balaban J connectivity index is 1.43. The number of carbonyl (C=O) groups excluding carboxylic acids is 2. The van der Waals surface area contributed by atoms with Crippen molar-refractivity contribution in [1.29, 1.82) is 0 Å². The summed E-state index contributed by atoms with van der Waals surface area (Å²) in [6.45, 7) is 11.7. The highest BCUT2D eigenvalue weighted by Gasteiger charge is 2.38. The second-order valence-electron chi connectivity index (χ2n) is 10.7. The molecule has 0 radical (unpaired) electrons. The van der Waals surface area contributed by atoms with Crippen molar-refractivity contribution in [3.63, 3.8) is 0 Å². The summed E-state index contributed by atoms with van der Waals surface area (Å²) >= 11 is 0. The van der Waals surface area contributed by atoms with Crippen LogP contribution in [0.1, 0.15) is 43.0 Å². The highest BCUT2D eigenvalue weighted by molar-refractivity contribution is 5.98. The van der Waals surface area contributed by atoms with Crippen molar-refractivity contribution < 1.29 is 9.59 Å². The first-order valence-electron chi connectivity index (χ1n) is 13.6. The number of carbonyl (C=O) groups is 2. The second kappa shape index (κ2) is 11.0. The van der Waals surface area contributed by atoms with Gasteiger partial charge in [-0.3, -0.25) is 14.5 Å². The number of benzene rings is 3. The van der Waals surface area contributed by atoms with Gasteiger partial charge < -0.3 is 14.7 Å². The van der Waals surface area contributed by atoms with Crippen molar-refractivity contribution in [2.45, 2.75) is 46.2 Å². The van der Waals surface area contributed by atoms with E-state index < -0.39 is 0 Å². The van der Waals surface area contributed by atoms with Crippen molar-refractivity contribution in [2.75, 3.05) is 47.4 Å². The minimum Gasteiger partial charge on any atom is -0.369 e. The predicted molar refractivity (Wildman–Crippen MR) is 155 cm³/mol. The van der Waals surface area contributed by atoms with Gasteiger partial charge in [0.15, 0.2) is 0 Å². The number of fused-ring (bicyclic) bond motifs is 1. The molecule has 1 saturated heterocycles. The molecule has 5 rings (SSSR count). The highest BCUT2D eigenvalue weighted by atomic mass is 16.2. The minimum absolute atomic E-state index is 0.0112. The number of piperazine rings is 1. The number of amides is 2. The minimum atomic E-state index is -0.142. The van der Waals surface area contributed by atoms with E-state index in [0.29, 0.717) is 13.0 Å². The molecule has 6 nitrogen and oxygen atoms in total. The number of hydrogen-bond acceptors (Lipinski definition) is 4. The van der Waals surface area contributed by atoms with Crippen LogP contribution < -0.4 is 14.7 Å². The molecule has 2 aliphatic rings. The van der Waals surface area contributed by atoms with E-state index in [9.17, 15) is 9.59 Å². The molecule has 0 saturated carbocycles. The summed E-state index contributed by atoms with van der Waals surface area (Å²) in [6.07, 6.45) is 0.692. The largest absolute Gasteiger partial charge is 0.369 e. The lowest BCUT2D eigenvalue weighted by Crippen LogP contribution is -2.52. The van der Waals surface area contributed by atoms with Gasteiger partial charge in [0.05, 0.1) is 12.6 Å². The summed E-state index contributed by atoms with van der Waals surface area (Å²) in [5.41, 5.74) is 6.38. The predicted octanol–water partition coefficient (Wildman–Crippen LogP) is 5.35. The van der Waals surface area contributed by atoms with E-state index in [1.54, 1.807) is 6.92 Å². The number of hydrogen-bond donors (Lipinski definition) is 0. The first kappa shape index (κ1) is 26.0. The van der Waals surface area contributed by atoms with Gasteiger partial charge in [0.1, 0.15) is 0 Å². The molecular weight excluding hydrogens is 472 g/mol. The Morgan fingerprint density at radius 3 is 2.18 bits per heavy atom. The van der Waals surface area contributed by atoms with Crippen LogP contribution in [0.25, 0.3) is 0 Å². The Morgan fingerprint density at radius 1 is 0.868 bits per heavy atom. The van der Waals surface area contributed by atoms with E-state index in [0.717, 1.165) is 54.2 Å². The lowest BCUT2D eigenvalue weighted by molar-refractivity contribution is -0.120. The van der Waals surface area contributed by atoms with Crippen LogP contribution >= 0.6 is 0 Å². The van der Waals surface area contributed by atoms with Gasteiger partial charge in [-0.25, -0.2) is 0 Å². The van der Waals surface area contributed by atoms with Crippen molar-refractivity contribution in [3.8, 4) is 0 Å². The van der Waals surface area contributed by atoms with Crippen molar-refractivity contribution in [2.24, 2.45) is 0 Å². The topological polar surface area (TPSA) is 47.1 Å². The third kappa shape index (κ3) is 5.32. The third-order valence-corrected chi connectivity index (χ3v) is 7.89. The summed E-state index contributed by atoms with van der Waals surface area (Å²) < 4.78 is 0. The molecule has 0 N–H and O–H groups in total. The normalized spacial score (nSPS) is 19.7. The van der Waals surface area contributed by atoms with E-state index in [4.69, 9.17) is 0 Å². The maximum Gasteiger partial charge on any atom is 0.241 e. The summed E-state index contributed by atoms with van der Waals surface area (Å²) in [6, 6.07) is 24.8. The standard InChI is InChI=1S/C32H38N4O2/c1-23-10-13-28(14-11-23)36(31-21-25(3)35(26(4)37)30-15-12-24(2)20-29(30)31)32(38)22-33-16-18-34(19-17-33)27-8-6-5-7-9-27/h5-15,20,25,31H,16-19,21-22H2,1-4H3/t25-,31+/m0/s1. The van der Waals surface area contributed by atoms with Crippen molar-refractivity contribution >= 4 is 28.9 Å². The van der Waals surface area contributed by atoms with E-state index in [1.807, 2.05) is 28.0 Å². The van der Waals surface area contributed by atoms with Crippen LogP contribution in [-0.4, -0.2) is 55.5 Å². The van der Waals surface area contributed by atoms with Gasteiger partial charge in [-0.1, -0.05) is 53.6 Å². The van der Waals surface area contributed by atoms with Gasteiger partial charge in [0.25, 0.3) is 0 Å². The molecule has 3 aromatic carbocycles. The monoisotopic (exact) mass is 510 g/mol. The van der Waals surface area contributed by atoms with Crippen LogP contribution in [0.2, 0.25) is 0 Å². The molecule has 2 aliphatic heterocycles. The van der Waals surface area contributed by atoms with Crippen LogP contribution in [0.3, 0.4) is 0 Å². The lowest BCUT2D eigenvalue weighted by atomic mass is 9.88. The van der Waals surface area contributed by atoms with Gasteiger partial charge in [0, 0.05) is 56.2 Å². The summed E-state index contributed by atoms with van der Waals surface area (Å²) in [4.78, 5) is 35.3. The average molecular weight is 511 g/mol. The molecule has 38 heavy (non-hydrogen) atoms. The van der Waals surface area contributed by atoms with Crippen LogP contribution in [0, 0.1) is 13.8 Å². The molecule has 1 fully saturated rings. The molecule has 2 amide bonds. The zero-order valence-electron chi connectivity index (χ0n) is 22.9. The zero-order valence-corrected chi connectivity index (χ0v) is 22.9. The molecule has 0 aliphatic carbocycles. The number of aryl methyl sites for hydroxylation is 2. The highest BCUT2D eigenvalue weighted by Crippen LogP contribution is 2.43. The summed E-state index contributed by atoms with van der Waals surface area (Å²) in [5, 5.41) is 0. The van der Waals surface area contributed by atoms with Crippen molar-refractivity contribution in [3.05, 3.63) is 89.5 Å². The maximum atomic E-state index is 14.2. The van der Waals surface area contributed by atoms with Crippen LogP contribution in [0.4, 0.5) is 17.1 Å². The first-order chi connectivity index (χ1) is 18.3. The second-order valence-corrected chi connectivity index (χ2v) is 10.7. The number of para-hydroxylation sites is 1. The molecule has 198 valence electrons. The Hall–Kier alpha value is -3.64. The molecule has 0 aromatic heterocycles. The van der Waals surface area contributed by atoms with Crippen LogP contribution in [0.5, 0.6) is 0 Å². The number of nitrogens with zero attached hydrogens (tertiary/aromatic N) is 4. The number of rotatable bonds is 5. The Labute approximate surface area is 226 Å². The Morgan fingerprint density at radius 2 is 1.53 bits per heavy atom. The molecule has 6 heteroatoms. The van der Waals surface area contributed by atoms with Gasteiger partial charge in [-0.15, -0.1) is 0 Å². The third-order valence-electron chi connectivity index (χ3n) is 7.89.